The van der Waals surface area contributed by atoms with E-state index in [1.54, 1.807) is 0 Å². The fourth-order valence-corrected chi connectivity index (χ4v) is 1.34. The van der Waals surface area contributed by atoms with Crippen LogP contribution in [-0.4, -0.2) is 32.3 Å². The Bertz CT molecular complexity index is 158. The predicted octanol–water partition coefficient (Wildman–Crippen LogP) is 1.38. The van der Waals surface area contributed by atoms with Crippen molar-refractivity contribution in [1.29, 1.82) is 0 Å². The standard InChI is InChI=1S/C12H26N2O/c1-10(2)12(13)8-14-6-3-7-15-9-11-4-5-11/h10-12,14H,3-9,13H2,1-2H3. The highest BCUT2D eigenvalue weighted by Crippen LogP contribution is 2.28. The van der Waals surface area contributed by atoms with E-state index in [4.69, 9.17) is 10.5 Å². The first-order valence-electron chi connectivity index (χ1n) is 6.24. The van der Waals surface area contributed by atoms with Gasteiger partial charge >= 0.3 is 0 Å². The molecule has 3 heteroatoms. The summed E-state index contributed by atoms with van der Waals surface area (Å²) in [6.07, 6.45) is 3.85. The molecule has 0 bridgehead atoms. The maximum atomic E-state index is 5.91. The Balaban J connectivity index is 1.75. The third-order valence-electron chi connectivity index (χ3n) is 2.93. The van der Waals surface area contributed by atoms with Gasteiger partial charge in [-0.05, 0) is 37.6 Å². The second kappa shape index (κ2) is 7.20. The average Bonchev–Trinajstić information content (AvgIpc) is 2.99. The van der Waals surface area contributed by atoms with Crippen LogP contribution in [0, 0.1) is 11.8 Å². The maximum Gasteiger partial charge on any atom is 0.0494 e. The largest absolute Gasteiger partial charge is 0.381 e. The first-order chi connectivity index (χ1) is 7.20. The molecule has 0 aromatic carbocycles. The summed E-state index contributed by atoms with van der Waals surface area (Å²) in [6, 6.07) is 0.275. The molecule has 90 valence electrons. The van der Waals surface area contributed by atoms with Gasteiger partial charge in [-0.1, -0.05) is 13.8 Å². The minimum Gasteiger partial charge on any atom is -0.381 e. The van der Waals surface area contributed by atoms with E-state index in [9.17, 15) is 0 Å². The highest BCUT2D eigenvalue weighted by molar-refractivity contribution is 4.72. The molecular weight excluding hydrogens is 188 g/mol. The lowest BCUT2D eigenvalue weighted by Crippen LogP contribution is -2.38. The Hall–Kier alpha value is -0.120. The van der Waals surface area contributed by atoms with Crippen LogP contribution in [-0.2, 0) is 4.74 Å². The van der Waals surface area contributed by atoms with Gasteiger partial charge in [-0.3, -0.25) is 0 Å². The van der Waals surface area contributed by atoms with E-state index < -0.39 is 0 Å². The molecule has 1 saturated carbocycles. The fraction of sp³-hybridized carbons (Fsp3) is 1.00. The average molecular weight is 214 g/mol. The van der Waals surface area contributed by atoms with Crippen molar-refractivity contribution in [3.8, 4) is 0 Å². The molecule has 0 saturated heterocycles. The number of nitrogens with two attached hydrogens (primary N) is 1. The number of nitrogens with one attached hydrogen (secondary N) is 1. The van der Waals surface area contributed by atoms with Crippen molar-refractivity contribution >= 4 is 0 Å². The zero-order valence-electron chi connectivity index (χ0n) is 10.2. The van der Waals surface area contributed by atoms with Gasteiger partial charge in [0.2, 0.25) is 0 Å². The quantitative estimate of drug-likeness (QED) is 0.570. The summed E-state index contributed by atoms with van der Waals surface area (Å²) in [4.78, 5) is 0. The fourth-order valence-electron chi connectivity index (χ4n) is 1.34. The van der Waals surface area contributed by atoms with E-state index in [0.717, 1.165) is 38.6 Å². The number of hydrogen-bond acceptors (Lipinski definition) is 3. The molecule has 1 aliphatic carbocycles. The molecule has 0 aliphatic heterocycles. The van der Waals surface area contributed by atoms with Crippen LogP contribution >= 0.6 is 0 Å². The van der Waals surface area contributed by atoms with E-state index in [-0.39, 0.29) is 6.04 Å². The van der Waals surface area contributed by atoms with E-state index >= 15 is 0 Å². The molecule has 1 rings (SSSR count). The van der Waals surface area contributed by atoms with Gasteiger partial charge in [0.1, 0.15) is 0 Å². The lowest BCUT2D eigenvalue weighted by Gasteiger charge is -2.16. The van der Waals surface area contributed by atoms with Gasteiger partial charge in [-0.2, -0.15) is 0 Å². The van der Waals surface area contributed by atoms with Crippen LogP contribution < -0.4 is 11.1 Å². The highest BCUT2D eigenvalue weighted by atomic mass is 16.5. The smallest absolute Gasteiger partial charge is 0.0494 e. The van der Waals surface area contributed by atoms with Crippen LogP contribution in [0.15, 0.2) is 0 Å². The zero-order chi connectivity index (χ0) is 11.1. The van der Waals surface area contributed by atoms with Crippen molar-refractivity contribution in [2.75, 3.05) is 26.3 Å². The molecule has 0 aromatic heterocycles. The van der Waals surface area contributed by atoms with Gasteiger partial charge in [-0.15, -0.1) is 0 Å². The van der Waals surface area contributed by atoms with Crippen LogP contribution in [0.25, 0.3) is 0 Å². The van der Waals surface area contributed by atoms with Crippen LogP contribution in [0.1, 0.15) is 33.1 Å². The SMILES string of the molecule is CC(C)C(N)CNCCCOCC1CC1. The normalized spacial score (nSPS) is 18.4. The number of rotatable bonds is 9. The van der Waals surface area contributed by atoms with Crippen LogP contribution in [0.3, 0.4) is 0 Å². The number of hydrogen-bond donors (Lipinski definition) is 2. The predicted molar refractivity (Wildman–Crippen MR) is 63.8 cm³/mol. The van der Waals surface area contributed by atoms with Gasteiger partial charge in [0.25, 0.3) is 0 Å². The molecule has 0 aromatic rings. The van der Waals surface area contributed by atoms with E-state index in [1.165, 1.54) is 12.8 Å². The molecule has 1 atom stereocenters. The van der Waals surface area contributed by atoms with E-state index in [2.05, 4.69) is 19.2 Å². The highest BCUT2D eigenvalue weighted by Gasteiger charge is 2.20. The molecule has 1 unspecified atom stereocenters. The summed E-state index contributed by atoms with van der Waals surface area (Å²) < 4.78 is 5.54. The second-order valence-electron chi connectivity index (χ2n) is 4.98. The lowest BCUT2D eigenvalue weighted by molar-refractivity contribution is 0.122. The van der Waals surface area contributed by atoms with Crippen molar-refractivity contribution < 1.29 is 4.74 Å². The molecule has 1 aliphatic rings. The van der Waals surface area contributed by atoms with Gasteiger partial charge in [0.05, 0.1) is 0 Å². The molecule has 3 N–H and O–H groups in total. The van der Waals surface area contributed by atoms with Crippen molar-refractivity contribution in [3.05, 3.63) is 0 Å². The molecule has 0 radical (unpaired) electrons. The summed E-state index contributed by atoms with van der Waals surface area (Å²) >= 11 is 0. The summed E-state index contributed by atoms with van der Waals surface area (Å²) in [5, 5.41) is 3.37. The molecule has 1 fully saturated rings. The lowest BCUT2D eigenvalue weighted by atomic mass is 10.1. The van der Waals surface area contributed by atoms with Gasteiger partial charge in [0.15, 0.2) is 0 Å². The van der Waals surface area contributed by atoms with Crippen molar-refractivity contribution in [3.63, 3.8) is 0 Å². The molecule has 0 spiro atoms. The first-order valence-corrected chi connectivity index (χ1v) is 6.24. The van der Waals surface area contributed by atoms with Crippen LogP contribution in [0.5, 0.6) is 0 Å². The second-order valence-corrected chi connectivity index (χ2v) is 4.98. The molecule has 15 heavy (non-hydrogen) atoms. The van der Waals surface area contributed by atoms with Gasteiger partial charge < -0.3 is 15.8 Å². The Morgan fingerprint density at radius 1 is 1.40 bits per heavy atom. The zero-order valence-corrected chi connectivity index (χ0v) is 10.2. The van der Waals surface area contributed by atoms with Crippen molar-refractivity contribution in [2.24, 2.45) is 17.6 Å². The number of ether oxygens (including phenoxy) is 1. The Morgan fingerprint density at radius 3 is 2.73 bits per heavy atom. The maximum absolute atomic E-state index is 5.91. The Morgan fingerprint density at radius 2 is 2.13 bits per heavy atom. The van der Waals surface area contributed by atoms with Crippen LogP contribution in [0.2, 0.25) is 0 Å². The molecule has 0 amide bonds. The third kappa shape index (κ3) is 6.88. The van der Waals surface area contributed by atoms with E-state index in [1.807, 2.05) is 0 Å². The molecular formula is C12H26N2O. The monoisotopic (exact) mass is 214 g/mol. The summed E-state index contributed by atoms with van der Waals surface area (Å²) in [7, 11) is 0. The summed E-state index contributed by atoms with van der Waals surface area (Å²) in [6.45, 7) is 8.12. The first kappa shape index (κ1) is 12.9. The van der Waals surface area contributed by atoms with E-state index in [0.29, 0.717) is 5.92 Å². The minimum absolute atomic E-state index is 0.275. The van der Waals surface area contributed by atoms with Crippen molar-refractivity contribution in [2.45, 2.75) is 39.2 Å². The minimum atomic E-state index is 0.275. The topological polar surface area (TPSA) is 47.3 Å². The van der Waals surface area contributed by atoms with Gasteiger partial charge in [-0.25, -0.2) is 0 Å². The molecule has 0 heterocycles. The van der Waals surface area contributed by atoms with Crippen LogP contribution in [0.4, 0.5) is 0 Å². The van der Waals surface area contributed by atoms with Crippen molar-refractivity contribution in [1.82, 2.24) is 5.32 Å². The third-order valence-corrected chi connectivity index (χ3v) is 2.93. The van der Waals surface area contributed by atoms with Gasteiger partial charge in [0, 0.05) is 25.8 Å². The summed E-state index contributed by atoms with van der Waals surface area (Å²) in [5.41, 5.74) is 5.91. The Kier molecular flexibility index (Phi) is 6.22. The Labute approximate surface area is 93.8 Å². The molecule has 3 nitrogen and oxygen atoms in total. The summed E-state index contributed by atoms with van der Waals surface area (Å²) in [5.74, 6) is 1.44.